The first-order chi connectivity index (χ1) is 21.1. The van der Waals surface area contributed by atoms with E-state index in [4.69, 9.17) is 0 Å². The van der Waals surface area contributed by atoms with Crippen molar-refractivity contribution < 1.29 is 19.1 Å². The fraction of sp³-hybridized carbons (Fsp3) is 0.600. The number of unbranched alkanes of at least 4 members (excludes halogenated alkanes) is 7. The maximum absolute atomic E-state index is 11.6. The summed E-state index contributed by atoms with van der Waals surface area (Å²) in [5.74, 6) is 0. The van der Waals surface area contributed by atoms with Gasteiger partial charge in [-0.15, -0.1) is 0 Å². The van der Waals surface area contributed by atoms with Gasteiger partial charge >= 0.3 is 77.6 Å². The Bertz CT molecular complexity index is 1130. The van der Waals surface area contributed by atoms with Gasteiger partial charge in [-0.3, -0.25) is 0 Å². The van der Waals surface area contributed by atoms with Gasteiger partial charge in [0.05, 0.1) is 0 Å². The standard InChI is InChI=1S/C30H40N2.2C5H11.Ni/c1-5-9-14-23-16-12-18-25(21-23)29-27(8-4)28(20-11-7-3)30(32(29)31)26-19-13-17-24(22-26)15-10-6-2;2*1-3-5-4-2;/h12-13,16-19,21-22H,5-11,14-15,20H2,1-4H3;2*1,3-5H2,2H3;. The molecule has 0 amide bonds. The van der Waals surface area contributed by atoms with Crippen LogP contribution in [0.4, 0.5) is 0 Å². The molecule has 2 nitrogen and oxygen atoms in total. The van der Waals surface area contributed by atoms with E-state index < -0.39 is 0 Å². The zero-order chi connectivity index (χ0) is 31.3. The van der Waals surface area contributed by atoms with Crippen molar-refractivity contribution >= 4 is 11.4 Å². The molecular formula is C40H62N2Ni. The monoisotopic (exact) mass is 628 g/mol. The molecule has 1 aliphatic heterocycles. The molecule has 0 aromatic heterocycles. The van der Waals surface area contributed by atoms with Crippen molar-refractivity contribution in [1.29, 1.82) is 0 Å². The van der Waals surface area contributed by atoms with Crippen LogP contribution in [0.25, 0.3) is 16.9 Å². The summed E-state index contributed by atoms with van der Waals surface area (Å²) in [6, 6.07) is 17.6. The number of allylic oxidation sites excluding steroid dienone is 2. The minimum absolute atomic E-state index is 0.920. The Morgan fingerprint density at radius 2 is 0.977 bits per heavy atom. The molecule has 0 atom stereocenters. The van der Waals surface area contributed by atoms with Crippen molar-refractivity contribution in [1.82, 2.24) is 0 Å². The Morgan fingerprint density at radius 3 is 1.42 bits per heavy atom. The molecule has 0 fully saturated rings. The summed E-state index contributed by atoms with van der Waals surface area (Å²) >= 11 is 1.97. The third kappa shape index (κ3) is 12.5. The molecular weight excluding hydrogens is 567 g/mol. The second-order valence-corrected chi connectivity index (χ2v) is 13.4. The van der Waals surface area contributed by atoms with E-state index in [2.05, 4.69) is 90.1 Å². The molecule has 0 spiro atoms. The zero-order valence-corrected chi connectivity index (χ0v) is 29.5. The summed E-state index contributed by atoms with van der Waals surface area (Å²) in [5, 5.41) is 2.81. The first-order valence-corrected chi connectivity index (χ1v) is 19.0. The van der Waals surface area contributed by atoms with Crippen LogP contribution in [-0.2, 0) is 27.3 Å². The average Bonchev–Trinajstić information content (AvgIpc) is 3.32. The number of aryl methyl sites for hydroxylation is 2. The van der Waals surface area contributed by atoms with Gasteiger partial charge in [0.1, 0.15) is 0 Å². The second kappa shape index (κ2) is 22.5. The Labute approximate surface area is 272 Å². The first kappa shape index (κ1) is 37.2. The van der Waals surface area contributed by atoms with E-state index >= 15 is 0 Å². The number of benzene rings is 2. The topological polar surface area (TPSA) is 25.3 Å². The minimum atomic E-state index is 0.920. The van der Waals surface area contributed by atoms with Crippen molar-refractivity contribution in [3.8, 4) is 0 Å². The third-order valence-corrected chi connectivity index (χ3v) is 9.58. The van der Waals surface area contributed by atoms with Crippen LogP contribution in [0.3, 0.4) is 0 Å². The van der Waals surface area contributed by atoms with Gasteiger partial charge in [0.25, 0.3) is 0 Å². The van der Waals surface area contributed by atoms with Crippen LogP contribution in [0.2, 0.25) is 10.8 Å². The Morgan fingerprint density at radius 1 is 0.535 bits per heavy atom. The summed E-state index contributed by atoms with van der Waals surface area (Å²) in [7, 11) is 0. The number of hydrogen-bond acceptors (Lipinski definition) is 0. The molecule has 43 heavy (non-hydrogen) atoms. The predicted molar refractivity (Wildman–Crippen MR) is 186 cm³/mol. The molecule has 0 bridgehead atoms. The van der Waals surface area contributed by atoms with E-state index in [0.717, 1.165) is 61.0 Å². The summed E-state index contributed by atoms with van der Waals surface area (Å²) < 4.78 is 1.50. The van der Waals surface area contributed by atoms with E-state index in [9.17, 15) is 5.53 Å². The normalized spacial score (nSPS) is 13.2. The second-order valence-electron chi connectivity index (χ2n) is 11.9. The molecule has 2 aromatic carbocycles. The van der Waals surface area contributed by atoms with Crippen LogP contribution in [0.5, 0.6) is 0 Å². The van der Waals surface area contributed by atoms with Crippen LogP contribution in [0.1, 0.15) is 154 Å². The van der Waals surface area contributed by atoms with Gasteiger partial charge < -0.3 is 5.53 Å². The summed E-state index contributed by atoms with van der Waals surface area (Å²) in [5.41, 5.74) is 21.1. The molecule has 1 aliphatic rings. The molecule has 3 heteroatoms. The maximum atomic E-state index is 11.6. The van der Waals surface area contributed by atoms with Crippen molar-refractivity contribution in [2.24, 2.45) is 0 Å². The van der Waals surface area contributed by atoms with Gasteiger partial charge in [0.2, 0.25) is 11.4 Å². The quantitative estimate of drug-likeness (QED) is 0.0791. The fourth-order valence-electron chi connectivity index (χ4n) is 5.66. The van der Waals surface area contributed by atoms with Crippen LogP contribution >= 0.6 is 0 Å². The molecule has 0 saturated heterocycles. The van der Waals surface area contributed by atoms with E-state index in [-0.39, 0.29) is 0 Å². The van der Waals surface area contributed by atoms with Crippen molar-refractivity contribution in [2.75, 3.05) is 0 Å². The number of nitrogens with zero attached hydrogens (tertiary/aromatic N) is 2. The van der Waals surface area contributed by atoms with Crippen LogP contribution in [0.15, 0.2) is 59.7 Å². The SMILES string of the molecule is CCCCC1=C(c2cccc(CCCC)c2)[N+](=[N-])C(c2cccc(CCCC)c2)=C1CC.CCCC[CH2][Ni][CH2]CCCC. The summed E-state index contributed by atoms with van der Waals surface area (Å²) in [4.78, 5) is 0. The zero-order valence-electron chi connectivity index (χ0n) is 28.6. The van der Waals surface area contributed by atoms with E-state index in [1.54, 1.807) is 0 Å². The molecule has 0 unspecified atom stereocenters. The van der Waals surface area contributed by atoms with Crippen LogP contribution < -0.4 is 0 Å². The molecule has 0 saturated carbocycles. The Hall–Kier alpha value is -1.99. The number of rotatable bonds is 20. The predicted octanol–water partition coefficient (Wildman–Crippen LogP) is 13.4. The van der Waals surface area contributed by atoms with Gasteiger partial charge in [-0.2, -0.15) is 0 Å². The molecule has 3 rings (SSSR count). The van der Waals surface area contributed by atoms with Crippen LogP contribution in [0, 0.1) is 0 Å². The van der Waals surface area contributed by atoms with Gasteiger partial charge in [-0.1, -0.05) is 71.2 Å². The van der Waals surface area contributed by atoms with Crippen LogP contribution in [-0.4, -0.2) is 4.70 Å². The molecule has 0 aliphatic carbocycles. The van der Waals surface area contributed by atoms with Gasteiger partial charge in [0.15, 0.2) is 0 Å². The summed E-state index contributed by atoms with van der Waals surface area (Å²) in [6.07, 6.45) is 19.6. The van der Waals surface area contributed by atoms with Crippen molar-refractivity contribution in [3.05, 3.63) is 87.5 Å². The van der Waals surface area contributed by atoms with E-state index in [1.165, 1.54) is 102 Å². The molecule has 0 radical (unpaired) electrons. The molecule has 242 valence electrons. The van der Waals surface area contributed by atoms with Gasteiger partial charge in [0, 0.05) is 22.3 Å². The van der Waals surface area contributed by atoms with E-state index in [1.807, 2.05) is 14.4 Å². The number of hydrogen-bond donors (Lipinski definition) is 0. The van der Waals surface area contributed by atoms with Crippen molar-refractivity contribution in [3.63, 3.8) is 0 Å². The van der Waals surface area contributed by atoms with E-state index in [0.29, 0.717) is 0 Å². The van der Waals surface area contributed by atoms with Crippen molar-refractivity contribution in [2.45, 2.75) is 155 Å². The fourth-order valence-corrected chi connectivity index (χ4v) is 6.89. The average molecular weight is 630 g/mol. The Balaban J connectivity index is 0.000000499. The molecule has 0 N–H and O–H groups in total. The first-order valence-electron chi connectivity index (χ1n) is 17.6. The molecule has 1 heterocycles. The van der Waals surface area contributed by atoms with Gasteiger partial charge in [-0.05, 0) is 80.3 Å². The summed E-state index contributed by atoms with van der Waals surface area (Å²) in [6.45, 7) is 13.5. The third-order valence-electron chi connectivity index (χ3n) is 8.19. The molecule has 2 aromatic rings. The van der Waals surface area contributed by atoms with Gasteiger partial charge in [-0.25, -0.2) is 4.70 Å². The Kier molecular flexibility index (Phi) is 19.5.